The fourth-order valence-corrected chi connectivity index (χ4v) is 7.93. The summed E-state index contributed by atoms with van der Waals surface area (Å²) in [6, 6.07) is 35.6. The topological polar surface area (TPSA) is 57.5 Å². The van der Waals surface area contributed by atoms with Gasteiger partial charge in [-0.15, -0.1) is 0 Å². The molecule has 0 aliphatic rings. The first-order valence-electron chi connectivity index (χ1n) is 10.0. The van der Waals surface area contributed by atoms with Crippen molar-refractivity contribution in [2.24, 2.45) is 0 Å². The van der Waals surface area contributed by atoms with Crippen molar-refractivity contribution in [3.8, 4) is 11.5 Å². The maximum absolute atomic E-state index is 10.9. The molecule has 31 heavy (non-hydrogen) atoms. The molecule has 156 valence electrons. The minimum atomic E-state index is -2.38. The van der Waals surface area contributed by atoms with Crippen molar-refractivity contribution in [3.63, 3.8) is 0 Å². The van der Waals surface area contributed by atoms with Gasteiger partial charge >= 0.3 is 0 Å². The summed E-state index contributed by atoms with van der Waals surface area (Å²) >= 11 is 0. The second kappa shape index (κ2) is 10.1. The summed E-state index contributed by atoms with van der Waals surface area (Å²) in [5.74, 6) is 0.507. The number of carbonyl (C=O) groups excluding carboxylic acids is 1. The van der Waals surface area contributed by atoms with E-state index in [-0.39, 0.29) is 17.3 Å². The van der Waals surface area contributed by atoms with Crippen LogP contribution < -0.4 is 21.2 Å². The average molecular weight is 429 g/mol. The molecule has 0 saturated carbocycles. The zero-order chi connectivity index (χ0) is 22.3. The molecule has 0 aliphatic heterocycles. The second-order valence-corrected chi connectivity index (χ2v) is 10.6. The predicted molar refractivity (Wildman–Crippen MR) is 131 cm³/mol. The number of phenols is 2. The number of hydrogen-bond donors (Lipinski definition) is 2. The SMILES string of the molecule is CC(C)=O.Oc1ccc(O)c([P+](c2ccccc2)(c2ccccc2)c2ccccc2)c1. The van der Waals surface area contributed by atoms with Crippen LogP contribution in [0.25, 0.3) is 0 Å². The second-order valence-electron chi connectivity index (χ2n) is 7.26. The Balaban J connectivity index is 0.000000628. The van der Waals surface area contributed by atoms with E-state index >= 15 is 0 Å². The number of carbonyl (C=O) groups is 1. The molecule has 3 nitrogen and oxygen atoms in total. The summed E-state index contributed by atoms with van der Waals surface area (Å²) in [7, 11) is -2.38. The van der Waals surface area contributed by atoms with E-state index < -0.39 is 7.26 Å². The third-order valence-corrected chi connectivity index (χ3v) is 9.05. The van der Waals surface area contributed by atoms with Crippen LogP contribution in [0.3, 0.4) is 0 Å². The molecule has 4 heteroatoms. The van der Waals surface area contributed by atoms with E-state index in [0.29, 0.717) is 0 Å². The van der Waals surface area contributed by atoms with Gasteiger partial charge in [-0.1, -0.05) is 54.6 Å². The highest BCUT2D eigenvalue weighted by Crippen LogP contribution is 2.56. The summed E-state index contributed by atoms with van der Waals surface area (Å²) in [5, 5.41) is 25.3. The zero-order valence-electron chi connectivity index (χ0n) is 17.6. The van der Waals surface area contributed by atoms with Gasteiger partial charge in [0, 0.05) is 6.07 Å². The van der Waals surface area contributed by atoms with Crippen molar-refractivity contribution >= 4 is 34.3 Å². The lowest BCUT2D eigenvalue weighted by molar-refractivity contribution is -0.114. The Morgan fingerprint density at radius 1 is 0.613 bits per heavy atom. The van der Waals surface area contributed by atoms with Gasteiger partial charge < -0.3 is 15.0 Å². The molecule has 0 aliphatic carbocycles. The Labute approximate surface area is 184 Å². The van der Waals surface area contributed by atoms with Gasteiger partial charge in [0.15, 0.2) is 11.1 Å². The summed E-state index contributed by atoms with van der Waals surface area (Å²) in [4.78, 5) is 9.44. The molecule has 4 aromatic rings. The Morgan fingerprint density at radius 2 is 0.968 bits per heavy atom. The zero-order valence-corrected chi connectivity index (χ0v) is 18.5. The summed E-state index contributed by atoms with van der Waals surface area (Å²) in [5.41, 5.74) is 0. The molecule has 2 N–H and O–H groups in total. The molecule has 0 saturated heterocycles. The highest BCUT2D eigenvalue weighted by molar-refractivity contribution is 8.01. The highest BCUT2D eigenvalue weighted by Gasteiger charge is 2.49. The van der Waals surface area contributed by atoms with Crippen LogP contribution in [0.2, 0.25) is 0 Å². The Hall–Kier alpha value is -3.42. The van der Waals surface area contributed by atoms with Gasteiger partial charge in [-0.2, -0.15) is 0 Å². The lowest BCUT2D eigenvalue weighted by Crippen LogP contribution is -2.38. The molecule has 0 amide bonds. The normalized spacial score (nSPS) is 10.6. The maximum atomic E-state index is 10.9. The van der Waals surface area contributed by atoms with Gasteiger partial charge in [-0.25, -0.2) is 0 Å². The third-order valence-electron chi connectivity index (χ3n) is 4.75. The summed E-state index contributed by atoms with van der Waals surface area (Å²) in [6.07, 6.45) is 0. The first-order valence-corrected chi connectivity index (χ1v) is 11.8. The standard InChI is InChI=1S/C24H19O2P.C3H6O/c25-19-16-17-23(26)24(18-19)27(20-10-4-1-5-11-20,21-12-6-2-7-13-21)22-14-8-3-9-15-22;1-3(2)4/h1-18H,(H-,25,26);1-2H3/p+1. The molecule has 0 unspecified atom stereocenters. The van der Waals surface area contributed by atoms with Crippen molar-refractivity contribution in [1.82, 2.24) is 0 Å². The van der Waals surface area contributed by atoms with E-state index in [2.05, 4.69) is 36.4 Å². The van der Waals surface area contributed by atoms with E-state index in [4.69, 9.17) is 0 Å². The fraction of sp³-hybridized carbons (Fsp3) is 0.0741. The van der Waals surface area contributed by atoms with Crippen LogP contribution in [0.15, 0.2) is 109 Å². The first kappa shape index (κ1) is 22.3. The monoisotopic (exact) mass is 429 g/mol. The number of hydrogen-bond acceptors (Lipinski definition) is 3. The predicted octanol–water partition coefficient (Wildman–Crippen LogP) is 4.31. The van der Waals surface area contributed by atoms with Crippen molar-refractivity contribution in [2.75, 3.05) is 0 Å². The van der Waals surface area contributed by atoms with Crippen LogP contribution in [0, 0.1) is 0 Å². The first-order chi connectivity index (χ1) is 15.0. The van der Waals surface area contributed by atoms with E-state index in [1.54, 1.807) is 12.1 Å². The minimum Gasteiger partial charge on any atom is -0.508 e. The molecule has 0 radical (unpaired) electrons. The van der Waals surface area contributed by atoms with Crippen LogP contribution in [0.4, 0.5) is 0 Å². The van der Waals surface area contributed by atoms with Crippen LogP contribution in [0.1, 0.15) is 13.8 Å². The van der Waals surface area contributed by atoms with Gasteiger partial charge in [0.05, 0.1) is 0 Å². The average Bonchev–Trinajstić information content (AvgIpc) is 2.78. The van der Waals surface area contributed by atoms with Crippen molar-refractivity contribution < 1.29 is 15.0 Å². The largest absolute Gasteiger partial charge is 0.508 e. The van der Waals surface area contributed by atoms with Crippen molar-refractivity contribution in [3.05, 3.63) is 109 Å². The van der Waals surface area contributed by atoms with Gasteiger partial charge in [-0.3, -0.25) is 0 Å². The van der Waals surface area contributed by atoms with Gasteiger partial charge in [0.1, 0.15) is 34.7 Å². The van der Waals surface area contributed by atoms with Gasteiger partial charge in [0.2, 0.25) is 0 Å². The van der Waals surface area contributed by atoms with Crippen molar-refractivity contribution in [2.45, 2.75) is 13.8 Å². The molecular weight excluding hydrogens is 403 g/mol. The summed E-state index contributed by atoms with van der Waals surface area (Å²) < 4.78 is 0. The number of ketones is 1. The number of Topliss-reactive ketones (excluding diaryl/α,β-unsaturated/α-hetero) is 1. The lowest BCUT2D eigenvalue weighted by Gasteiger charge is -2.28. The molecule has 0 spiro atoms. The van der Waals surface area contributed by atoms with Crippen LogP contribution in [-0.4, -0.2) is 16.0 Å². The van der Waals surface area contributed by atoms with Crippen molar-refractivity contribution in [1.29, 1.82) is 0 Å². The van der Waals surface area contributed by atoms with Crippen LogP contribution in [0.5, 0.6) is 11.5 Å². The molecule has 4 aromatic carbocycles. The Kier molecular flexibility index (Phi) is 7.23. The molecule has 0 bridgehead atoms. The number of aromatic hydroxyl groups is 2. The Bertz CT molecular complexity index is 1030. The number of phenolic OH excluding ortho intramolecular Hbond substituents is 2. The Morgan fingerprint density at radius 3 is 1.32 bits per heavy atom. The van der Waals surface area contributed by atoms with Crippen LogP contribution in [-0.2, 0) is 4.79 Å². The molecule has 0 fully saturated rings. The maximum Gasteiger partial charge on any atom is 0.159 e. The molecule has 0 aromatic heterocycles. The highest BCUT2D eigenvalue weighted by atomic mass is 31.2. The van der Waals surface area contributed by atoms with E-state index in [9.17, 15) is 15.0 Å². The van der Waals surface area contributed by atoms with Gasteiger partial charge in [-0.05, 0) is 62.4 Å². The summed E-state index contributed by atoms with van der Waals surface area (Å²) in [6.45, 7) is 3.06. The van der Waals surface area contributed by atoms with E-state index in [1.165, 1.54) is 19.9 Å². The molecule has 4 rings (SSSR count). The number of rotatable bonds is 4. The van der Waals surface area contributed by atoms with Crippen LogP contribution >= 0.6 is 7.26 Å². The number of benzene rings is 4. The fourth-order valence-electron chi connectivity index (χ4n) is 3.60. The minimum absolute atomic E-state index is 0.148. The van der Waals surface area contributed by atoms with E-state index in [0.717, 1.165) is 21.2 Å². The molecule has 0 atom stereocenters. The van der Waals surface area contributed by atoms with Gasteiger partial charge in [0.25, 0.3) is 0 Å². The van der Waals surface area contributed by atoms with E-state index in [1.807, 2.05) is 54.6 Å². The molecular formula is C27H26O3P+. The quantitative estimate of drug-likeness (QED) is 0.375. The molecule has 0 heterocycles. The smallest absolute Gasteiger partial charge is 0.159 e. The lowest BCUT2D eigenvalue weighted by atomic mass is 10.3. The third kappa shape index (κ3) is 4.84.